The largest absolute Gasteiger partial charge is 0.462 e. The lowest BCUT2D eigenvalue weighted by Crippen LogP contribution is -2.22. The topological polar surface area (TPSA) is 29.5 Å². The number of allylic oxidation sites excluding steroid dienone is 8. The van der Waals surface area contributed by atoms with Gasteiger partial charge in [-0.3, -0.25) is 4.79 Å². The van der Waals surface area contributed by atoms with E-state index >= 15 is 0 Å². The van der Waals surface area contributed by atoms with E-state index in [-0.39, 0.29) is 12.1 Å². The van der Waals surface area contributed by atoms with Crippen LogP contribution in [-0.4, -0.2) is 37.1 Å². The van der Waals surface area contributed by atoms with Gasteiger partial charge in [-0.15, -0.1) is 0 Å². The van der Waals surface area contributed by atoms with Gasteiger partial charge in [-0.1, -0.05) is 146 Å². The first-order valence-electron chi connectivity index (χ1n) is 20.6. The smallest absolute Gasteiger partial charge is 0.306 e. The molecule has 0 aliphatic rings. The van der Waals surface area contributed by atoms with Crippen molar-refractivity contribution in [3.8, 4) is 0 Å². The van der Waals surface area contributed by atoms with Crippen molar-refractivity contribution in [2.75, 3.05) is 20.1 Å². The summed E-state index contributed by atoms with van der Waals surface area (Å²) in [7, 11) is 2.12. The van der Waals surface area contributed by atoms with E-state index in [1.54, 1.807) is 0 Å². The summed E-state index contributed by atoms with van der Waals surface area (Å²) in [5.41, 5.74) is 0. The van der Waals surface area contributed by atoms with Crippen molar-refractivity contribution in [3.05, 3.63) is 48.6 Å². The molecule has 0 saturated carbocycles. The van der Waals surface area contributed by atoms with Crippen LogP contribution in [0.1, 0.15) is 201 Å². The predicted molar refractivity (Wildman–Crippen MR) is 210 cm³/mol. The van der Waals surface area contributed by atoms with Crippen LogP contribution in [0.3, 0.4) is 0 Å². The van der Waals surface area contributed by atoms with E-state index in [1.165, 1.54) is 141 Å². The maximum absolute atomic E-state index is 12.6. The summed E-state index contributed by atoms with van der Waals surface area (Å²) in [6.07, 6.45) is 52.8. The highest BCUT2D eigenvalue weighted by Gasteiger charge is 2.14. The van der Waals surface area contributed by atoms with E-state index in [2.05, 4.69) is 81.3 Å². The summed E-state index contributed by atoms with van der Waals surface area (Å²) >= 11 is 0. The van der Waals surface area contributed by atoms with Gasteiger partial charge in [-0.05, 0) is 116 Å². The SMILES string of the molecule is CCCCC/C=C\C/C=C\CCCCCCCCC(CCCCCCCC/C=C\C/C=C\CCCCC)OC(=O)CCCN(C)CC. The van der Waals surface area contributed by atoms with Gasteiger partial charge in [0.15, 0.2) is 0 Å². The van der Waals surface area contributed by atoms with Crippen molar-refractivity contribution in [3.63, 3.8) is 0 Å². The number of rotatable bonds is 36. The Labute approximate surface area is 295 Å². The molecule has 0 saturated heterocycles. The number of nitrogens with zero attached hydrogens (tertiary/aromatic N) is 1. The number of esters is 1. The molecule has 0 fully saturated rings. The first-order valence-corrected chi connectivity index (χ1v) is 20.6. The van der Waals surface area contributed by atoms with Gasteiger partial charge in [0.2, 0.25) is 0 Å². The minimum absolute atomic E-state index is 0.0135. The number of carbonyl (C=O) groups is 1. The molecule has 0 aromatic heterocycles. The maximum atomic E-state index is 12.6. The fourth-order valence-electron chi connectivity index (χ4n) is 5.88. The van der Waals surface area contributed by atoms with Crippen LogP contribution in [0.2, 0.25) is 0 Å². The van der Waals surface area contributed by atoms with Crippen LogP contribution < -0.4 is 0 Å². The van der Waals surface area contributed by atoms with Gasteiger partial charge in [-0.25, -0.2) is 0 Å². The monoisotopic (exact) mass is 656 g/mol. The minimum atomic E-state index is 0.0135. The lowest BCUT2D eigenvalue weighted by Gasteiger charge is -2.19. The van der Waals surface area contributed by atoms with Crippen molar-refractivity contribution in [2.45, 2.75) is 207 Å². The Kier molecular flexibility index (Phi) is 37.5. The standard InChI is InChI=1S/C44H81NO2/c1-5-8-10-12-14-16-18-20-22-24-26-28-30-32-34-36-39-43(47-44(46)41-38-42-45(4)7-3)40-37-35-33-31-29-27-25-23-21-19-17-15-13-11-9-6-2/h14-17,20-23,43H,5-13,18-19,24-42H2,1-4H3/b16-14-,17-15-,22-20-,23-21-. The second-order valence-corrected chi connectivity index (χ2v) is 13.9. The lowest BCUT2D eigenvalue weighted by molar-refractivity contribution is -0.150. The molecule has 0 aromatic rings. The zero-order valence-electron chi connectivity index (χ0n) is 32.2. The van der Waals surface area contributed by atoms with Crippen molar-refractivity contribution >= 4 is 5.97 Å². The van der Waals surface area contributed by atoms with Crippen molar-refractivity contribution in [1.82, 2.24) is 4.90 Å². The molecule has 0 amide bonds. The highest BCUT2D eigenvalue weighted by Crippen LogP contribution is 2.18. The summed E-state index contributed by atoms with van der Waals surface area (Å²) in [6.45, 7) is 8.68. The van der Waals surface area contributed by atoms with Crippen molar-refractivity contribution in [2.24, 2.45) is 0 Å². The van der Waals surface area contributed by atoms with Gasteiger partial charge in [0.25, 0.3) is 0 Å². The third kappa shape index (κ3) is 37.1. The van der Waals surface area contributed by atoms with Gasteiger partial charge in [0, 0.05) is 6.42 Å². The molecule has 0 spiro atoms. The Bertz CT molecular complexity index is 704. The first kappa shape index (κ1) is 45.4. The Morgan fingerprint density at radius 1 is 0.511 bits per heavy atom. The maximum Gasteiger partial charge on any atom is 0.306 e. The highest BCUT2D eigenvalue weighted by atomic mass is 16.5. The third-order valence-corrected chi connectivity index (χ3v) is 9.21. The average Bonchev–Trinajstić information content (AvgIpc) is 3.07. The molecule has 0 bridgehead atoms. The Morgan fingerprint density at radius 3 is 1.30 bits per heavy atom. The molecule has 3 heteroatoms. The molecule has 47 heavy (non-hydrogen) atoms. The van der Waals surface area contributed by atoms with E-state index in [0.717, 1.165) is 45.2 Å². The van der Waals surface area contributed by atoms with Crippen LogP contribution in [0.5, 0.6) is 0 Å². The number of carbonyl (C=O) groups excluding carboxylic acids is 1. The van der Waals surface area contributed by atoms with Gasteiger partial charge in [-0.2, -0.15) is 0 Å². The van der Waals surface area contributed by atoms with Crippen LogP contribution in [0.4, 0.5) is 0 Å². The fraction of sp³-hybridized carbons (Fsp3) is 0.795. The fourth-order valence-corrected chi connectivity index (χ4v) is 5.88. The molecule has 0 heterocycles. The minimum Gasteiger partial charge on any atom is -0.462 e. The summed E-state index contributed by atoms with van der Waals surface area (Å²) in [5.74, 6) is 0.0135. The van der Waals surface area contributed by atoms with Crippen LogP contribution >= 0.6 is 0 Å². The number of hydrogen-bond acceptors (Lipinski definition) is 3. The predicted octanol–water partition coefficient (Wildman–Crippen LogP) is 14.0. The second kappa shape index (κ2) is 38.8. The molecule has 0 N–H and O–H groups in total. The van der Waals surface area contributed by atoms with Crippen LogP contribution in [0, 0.1) is 0 Å². The summed E-state index contributed by atoms with van der Waals surface area (Å²) in [6, 6.07) is 0. The Morgan fingerprint density at radius 2 is 0.894 bits per heavy atom. The first-order chi connectivity index (χ1) is 23.1. The summed E-state index contributed by atoms with van der Waals surface area (Å²) in [5, 5.41) is 0. The van der Waals surface area contributed by atoms with E-state index in [0.29, 0.717) is 6.42 Å². The Hall–Kier alpha value is -1.61. The summed E-state index contributed by atoms with van der Waals surface area (Å²) < 4.78 is 6.03. The molecule has 0 aromatic carbocycles. The molecule has 0 radical (unpaired) electrons. The van der Waals surface area contributed by atoms with Crippen LogP contribution in [0.15, 0.2) is 48.6 Å². The van der Waals surface area contributed by atoms with Gasteiger partial charge < -0.3 is 9.64 Å². The van der Waals surface area contributed by atoms with E-state index in [1.807, 2.05) is 0 Å². The van der Waals surface area contributed by atoms with E-state index in [9.17, 15) is 4.79 Å². The third-order valence-electron chi connectivity index (χ3n) is 9.21. The molecule has 0 aliphatic carbocycles. The molecular formula is C44H81NO2. The average molecular weight is 656 g/mol. The zero-order chi connectivity index (χ0) is 34.3. The molecule has 0 rings (SSSR count). The van der Waals surface area contributed by atoms with E-state index < -0.39 is 0 Å². The molecular weight excluding hydrogens is 574 g/mol. The molecule has 0 unspecified atom stereocenters. The van der Waals surface area contributed by atoms with Crippen molar-refractivity contribution in [1.29, 1.82) is 0 Å². The lowest BCUT2D eigenvalue weighted by atomic mass is 10.0. The quantitative estimate of drug-likeness (QED) is 0.0382. The second-order valence-electron chi connectivity index (χ2n) is 13.9. The number of unbranched alkanes of at least 4 members (excludes halogenated alkanes) is 18. The van der Waals surface area contributed by atoms with Gasteiger partial charge in [0.05, 0.1) is 0 Å². The van der Waals surface area contributed by atoms with Crippen LogP contribution in [0.25, 0.3) is 0 Å². The molecule has 3 nitrogen and oxygen atoms in total. The van der Waals surface area contributed by atoms with Gasteiger partial charge in [0.1, 0.15) is 6.10 Å². The molecule has 274 valence electrons. The van der Waals surface area contributed by atoms with E-state index in [4.69, 9.17) is 4.74 Å². The molecule has 0 atom stereocenters. The summed E-state index contributed by atoms with van der Waals surface area (Å²) in [4.78, 5) is 14.9. The number of ether oxygens (including phenoxy) is 1. The van der Waals surface area contributed by atoms with Crippen LogP contribution in [-0.2, 0) is 9.53 Å². The Balaban J connectivity index is 4.07. The highest BCUT2D eigenvalue weighted by molar-refractivity contribution is 5.69. The zero-order valence-corrected chi connectivity index (χ0v) is 32.2. The normalized spacial score (nSPS) is 12.4. The number of hydrogen-bond donors (Lipinski definition) is 0. The van der Waals surface area contributed by atoms with Gasteiger partial charge >= 0.3 is 5.97 Å². The molecule has 0 aliphatic heterocycles. The van der Waals surface area contributed by atoms with Crippen molar-refractivity contribution < 1.29 is 9.53 Å².